The number of nitrogens with zero attached hydrogens (tertiary/aromatic N) is 1. The maximum Gasteiger partial charge on any atom is 0.317 e. The molecular formula is C13H19N3O2. The molecule has 3 N–H and O–H groups in total. The summed E-state index contributed by atoms with van der Waals surface area (Å²) in [5.74, 6) is 0.819. The van der Waals surface area contributed by atoms with E-state index in [9.17, 15) is 4.79 Å². The van der Waals surface area contributed by atoms with E-state index in [0.29, 0.717) is 19.6 Å². The van der Waals surface area contributed by atoms with Crippen molar-refractivity contribution in [1.82, 2.24) is 10.2 Å². The SMILES string of the molecule is COc1ccccc1C1CCNC(=O)N1CCN. The second-order valence-corrected chi connectivity index (χ2v) is 4.26. The van der Waals surface area contributed by atoms with Crippen LogP contribution >= 0.6 is 0 Å². The Morgan fingerprint density at radius 2 is 2.28 bits per heavy atom. The lowest BCUT2D eigenvalue weighted by Gasteiger charge is -2.36. The minimum atomic E-state index is -0.0531. The van der Waals surface area contributed by atoms with Crippen LogP contribution in [0.25, 0.3) is 0 Å². The van der Waals surface area contributed by atoms with Crippen LogP contribution in [0.1, 0.15) is 18.0 Å². The van der Waals surface area contributed by atoms with Crippen molar-refractivity contribution in [1.29, 1.82) is 0 Å². The number of carbonyl (C=O) groups is 1. The Morgan fingerprint density at radius 1 is 1.50 bits per heavy atom. The van der Waals surface area contributed by atoms with Crippen molar-refractivity contribution in [3.05, 3.63) is 29.8 Å². The molecule has 1 atom stereocenters. The maximum absolute atomic E-state index is 11.9. The zero-order chi connectivity index (χ0) is 13.0. The molecule has 0 aliphatic carbocycles. The molecule has 0 saturated carbocycles. The fourth-order valence-corrected chi connectivity index (χ4v) is 2.38. The number of benzene rings is 1. The fraction of sp³-hybridized carbons (Fsp3) is 0.462. The molecule has 1 aromatic carbocycles. The summed E-state index contributed by atoms with van der Waals surface area (Å²) in [6.07, 6.45) is 0.867. The van der Waals surface area contributed by atoms with E-state index in [0.717, 1.165) is 17.7 Å². The van der Waals surface area contributed by atoms with Crippen LogP contribution in [0.4, 0.5) is 4.79 Å². The lowest BCUT2D eigenvalue weighted by molar-refractivity contribution is 0.155. The van der Waals surface area contributed by atoms with Crippen LogP contribution in [-0.4, -0.2) is 37.7 Å². The Balaban J connectivity index is 2.31. The molecule has 5 nitrogen and oxygen atoms in total. The molecule has 1 fully saturated rings. The van der Waals surface area contributed by atoms with Gasteiger partial charge in [0.15, 0.2) is 0 Å². The Kier molecular flexibility index (Phi) is 4.04. The number of nitrogens with two attached hydrogens (primary N) is 1. The van der Waals surface area contributed by atoms with E-state index in [2.05, 4.69) is 5.32 Å². The van der Waals surface area contributed by atoms with Crippen molar-refractivity contribution in [2.24, 2.45) is 5.73 Å². The number of methoxy groups -OCH3 is 1. The van der Waals surface area contributed by atoms with Gasteiger partial charge in [-0.15, -0.1) is 0 Å². The third-order valence-corrected chi connectivity index (χ3v) is 3.20. The van der Waals surface area contributed by atoms with Gasteiger partial charge in [0.1, 0.15) is 5.75 Å². The lowest BCUT2D eigenvalue weighted by Crippen LogP contribution is -2.49. The van der Waals surface area contributed by atoms with Crippen molar-refractivity contribution < 1.29 is 9.53 Å². The van der Waals surface area contributed by atoms with Gasteiger partial charge in [-0.1, -0.05) is 18.2 Å². The van der Waals surface area contributed by atoms with E-state index in [1.807, 2.05) is 24.3 Å². The number of urea groups is 1. The van der Waals surface area contributed by atoms with E-state index in [-0.39, 0.29) is 12.1 Å². The average molecular weight is 249 g/mol. The first kappa shape index (κ1) is 12.7. The van der Waals surface area contributed by atoms with Gasteiger partial charge in [-0.2, -0.15) is 0 Å². The smallest absolute Gasteiger partial charge is 0.317 e. The molecule has 0 radical (unpaired) electrons. The quantitative estimate of drug-likeness (QED) is 0.840. The summed E-state index contributed by atoms with van der Waals surface area (Å²) in [7, 11) is 1.65. The zero-order valence-corrected chi connectivity index (χ0v) is 10.6. The molecule has 0 spiro atoms. The maximum atomic E-state index is 11.9. The van der Waals surface area contributed by atoms with Gasteiger partial charge in [-0.05, 0) is 12.5 Å². The number of para-hydroxylation sites is 1. The summed E-state index contributed by atoms with van der Waals surface area (Å²) >= 11 is 0. The number of amides is 2. The minimum Gasteiger partial charge on any atom is -0.496 e. The van der Waals surface area contributed by atoms with E-state index < -0.39 is 0 Å². The van der Waals surface area contributed by atoms with Crippen LogP contribution in [0.5, 0.6) is 5.75 Å². The Bertz CT molecular complexity index is 422. The van der Waals surface area contributed by atoms with Gasteiger partial charge < -0.3 is 20.7 Å². The molecule has 1 aliphatic rings. The molecule has 98 valence electrons. The predicted octanol–water partition coefficient (Wildman–Crippen LogP) is 1.11. The van der Waals surface area contributed by atoms with Crippen molar-refractivity contribution in [3.63, 3.8) is 0 Å². The predicted molar refractivity (Wildman–Crippen MR) is 69.5 cm³/mol. The highest BCUT2D eigenvalue weighted by Crippen LogP contribution is 2.32. The van der Waals surface area contributed by atoms with Gasteiger partial charge in [-0.3, -0.25) is 0 Å². The molecule has 1 heterocycles. The van der Waals surface area contributed by atoms with Crippen LogP contribution in [0.3, 0.4) is 0 Å². The molecule has 1 aliphatic heterocycles. The fourth-order valence-electron chi connectivity index (χ4n) is 2.38. The van der Waals surface area contributed by atoms with Crippen molar-refractivity contribution in [2.75, 3.05) is 26.7 Å². The zero-order valence-electron chi connectivity index (χ0n) is 10.6. The first-order valence-corrected chi connectivity index (χ1v) is 6.15. The van der Waals surface area contributed by atoms with Crippen LogP contribution in [-0.2, 0) is 0 Å². The monoisotopic (exact) mass is 249 g/mol. The topological polar surface area (TPSA) is 67.6 Å². The highest BCUT2D eigenvalue weighted by molar-refractivity contribution is 5.75. The largest absolute Gasteiger partial charge is 0.496 e. The lowest BCUT2D eigenvalue weighted by atomic mass is 9.99. The highest BCUT2D eigenvalue weighted by Gasteiger charge is 2.30. The van der Waals surface area contributed by atoms with Crippen molar-refractivity contribution >= 4 is 6.03 Å². The first-order valence-electron chi connectivity index (χ1n) is 6.15. The standard InChI is InChI=1S/C13H19N3O2/c1-18-12-5-3-2-4-10(12)11-6-8-15-13(17)16(11)9-7-14/h2-5,11H,6-9,14H2,1H3,(H,15,17). The molecule has 18 heavy (non-hydrogen) atoms. The van der Waals surface area contributed by atoms with Crippen LogP contribution in [0.2, 0.25) is 0 Å². The summed E-state index contributed by atoms with van der Waals surface area (Å²) in [6, 6.07) is 7.80. The molecule has 1 saturated heterocycles. The number of nitrogens with one attached hydrogen (secondary N) is 1. The van der Waals surface area contributed by atoms with Crippen molar-refractivity contribution in [3.8, 4) is 5.75 Å². The Labute approximate surface area is 107 Å². The summed E-state index contributed by atoms with van der Waals surface area (Å²) in [5, 5.41) is 2.84. The van der Waals surface area contributed by atoms with Gasteiger partial charge in [0.25, 0.3) is 0 Å². The third-order valence-electron chi connectivity index (χ3n) is 3.20. The molecule has 2 rings (SSSR count). The van der Waals surface area contributed by atoms with Crippen LogP contribution < -0.4 is 15.8 Å². The van der Waals surface area contributed by atoms with E-state index in [1.54, 1.807) is 12.0 Å². The van der Waals surface area contributed by atoms with Crippen molar-refractivity contribution in [2.45, 2.75) is 12.5 Å². The molecular weight excluding hydrogens is 230 g/mol. The van der Waals surface area contributed by atoms with E-state index >= 15 is 0 Å². The van der Waals surface area contributed by atoms with Gasteiger partial charge in [0.05, 0.1) is 13.2 Å². The van der Waals surface area contributed by atoms with Gasteiger partial charge in [0, 0.05) is 25.2 Å². The second-order valence-electron chi connectivity index (χ2n) is 4.26. The molecule has 1 aromatic rings. The number of hydrogen-bond acceptors (Lipinski definition) is 3. The number of rotatable bonds is 4. The normalized spacial score (nSPS) is 19.6. The molecule has 2 amide bonds. The summed E-state index contributed by atoms with van der Waals surface area (Å²) in [6.45, 7) is 1.69. The highest BCUT2D eigenvalue weighted by atomic mass is 16.5. The third kappa shape index (κ3) is 2.41. The molecule has 0 aromatic heterocycles. The Hall–Kier alpha value is -1.75. The van der Waals surface area contributed by atoms with Crippen LogP contribution in [0, 0.1) is 0 Å². The summed E-state index contributed by atoms with van der Waals surface area (Å²) < 4.78 is 5.37. The minimum absolute atomic E-state index is 0.0402. The summed E-state index contributed by atoms with van der Waals surface area (Å²) in [4.78, 5) is 13.7. The second kappa shape index (κ2) is 5.73. The molecule has 0 bridgehead atoms. The number of carbonyl (C=O) groups excluding carboxylic acids is 1. The van der Waals surface area contributed by atoms with E-state index in [1.165, 1.54) is 0 Å². The van der Waals surface area contributed by atoms with E-state index in [4.69, 9.17) is 10.5 Å². The van der Waals surface area contributed by atoms with Gasteiger partial charge >= 0.3 is 6.03 Å². The average Bonchev–Trinajstić information content (AvgIpc) is 2.41. The van der Waals surface area contributed by atoms with Gasteiger partial charge in [0.2, 0.25) is 0 Å². The molecule has 1 unspecified atom stereocenters. The number of ether oxygens (including phenoxy) is 1. The first-order chi connectivity index (χ1) is 8.77. The number of hydrogen-bond donors (Lipinski definition) is 2. The van der Waals surface area contributed by atoms with Gasteiger partial charge in [-0.25, -0.2) is 4.79 Å². The van der Waals surface area contributed by atoms with Crippen LogP contribution in [0.15, 0.2) is 24.3 Å². The molecule has 5 heteroatoms. The summed E-state index contributed by atoms with van der Waals surface area (Å²) in [5.41, 5.74) is 6.62. The Morgan fingerprint density at radius 3 is 3.00 bits per heavy atom.